The molecule has 1 aliphatic heterocycles. The van der Waals surface area contributed by atoms with Crippen LogP contribution in [0, 0.1) is 5.92 Å². The molecule has 0 saturated carbocycles. The van der Waals surface area contributed by atoms with Gasteiger partial charge in [-0.3, -0.25) is 4.79 Å². The Morgan fingerprint density at radius 1 is 1.60 bits per heavy atom. The van der Waals surface area contributed by atoms with Gasteiger partial charge in [0.25, 0.3) is 0 Å². The van der Waals surface area contributed by atoms with Gasteiger partial charge in [-0.15, -0.1) is 0 Å². The molecule has 0 radical (unpaired) electrons. The van der Waals surface area contributed by atoms with Gasteiger partial charge in [-0.05, 0) is 19.4 Å². The Labute approximate surface area is 73.2 Å². The Balaban J connectivity index is 0.000000810. The van der Waals surface area contributed by atoms with E-state index < -0.39 is 5.97 Å². The molecule has 0 amide bonds. The summed E-state index contributed by atoms with van der Waals surface area (Å²) in [5.74, 6) is -0.805. The maximum absolute atomic E-state index is 10.3. The van der Waals surface area contributed by atoms with Gasteiger partial charge in [-0.1, -0.05) is 0 Å². The van der Waals surface area contributed by atoms with Gasteiger partial charge in [0.2, 0.25) is 0 Å². The van der Waals surface area contributed by atoms with Gasteiger partial charge >= 0.3 is 25.8 Å². The van der Waals surface area contributed by atoms with Crippen LogP contribution >= 0.6 is 0 Å². The van der Waals surface area contributed by atoms with E-state index in [0.717, 1.165) is 19.4 Å². The van der Waals surface area contributed by atoms with Crippen LogP contribution in [0.1, 0.15) is 12.8 Å². The first-order chi connectivity index (χ1) is 4.30. The van der Waals surface area contributed by atoms with E-state index in [1.807, 2.05) is 0 Å². The normalized spacial score (nSPS) is 25.0. The van der Waals surface area contributed by atoms with E-state index in [1.165, 1.54) is 0 Å². The SMILES string of the molecule is O=C(O)C1CCCNC1.[GaH3]. The molecule has 10 heavy (non-hydrogen) atoms. The summed E-state index contributed by atoms with van der Waals surface area (Å²) in [6.07, 6.45) is 1.83. The molecule has 4 heteroatoms. The van der Waals surface area contributed by atoms with Gasteiger partial charge in [0.05, 0.1) is 5.92 Å². The fraction of sp³-hybridized carbons (Fsp3) is 0.833. The molecule has 0 bridgehead atoms. The van der Waals surface area contributed by atoms with Crippen molar-refractivity contribution in [3.8, 4) is 0 Å². The van der Waals surface area contributed by atoms with Crippen molar-refractivity contribution < 1.29 is 9.90 Å². The molecule has 0 aromatic carbocycles. The molecule has 1 fully saturated rings. The average Bonchev–Trinajstić information content (AvgIpc) is 1.90. The number of nitrogens with one attached hydrogen (secondary N) is 1. The van der Waals surface area contributed by atoms with Crippen molar-refractivity contribution in [2.45, 2.75) is 12.8 Å². The summed E-state index contributed by atoms with van der Waals surface area (Å²) in [6.45, 7) is 1.62. The summed E-state index contributed by atoms with van der Waals surface area (Å²) < 4.78 is 0. The molecule has 1 aliphatic rings. The molecule has 2 N–H and O–H groups in total. The van der Waals surface area contributed by atoms with Crippen molar-refractivity contribution in [1.82, 2.24) is 5.32 Å². The molecule has 1 atom stereocenters. The molecule has 0 aromatic rings. The summed E-state index contributed by atoms with van der Waals surface area (Å²) >= 11 is 0. The molecule has 1 saturated heterocycles. The molecule has 1 heterocycles. The second kappa shape index (κ2) is 4.82. The summed E-state index contributed by atoms with van der Waals surface area (Å²) in [5.41, 5.74) is 0. The summed E-state index contributed by atoms with van der Waals surface area (Å²) in [6, 6.07) is 0. The zero-order valence-electron chi connectivity index (χ0n) is 5.26. The van der Waals surface area contributed by atoms with Crippen LogP contribution in [0.5, 0.6) is 0 Å². The van der Waals surface area contributed by atoms with Crippen molar-refractivity contribution in [1.29, 1.82) is 0 Å². The Bertz CT molecular complexity index is 112. The van der Waals surface area contributed by atoms with Crippen LogP contribution < -0.4 is 5.32 Å². The first kappa shape index (κ1) is 10.1. The van der Waals surface area contributed by atoms with E-state index in [-0.39, 0.29) is 25.7 Å². The van der Waals surface area contributed by atoms with E-state index in [2.05, 4.69) is 5.32 Å². The van der Waals surface area contributed by atoms with Gasteiger partial charge in [0, 0.05) is 6.54 Å². The van der Waals surface area contributed by atoms with Crippen LogP contribution in [-0.4, -0.2) is 44.0 Å². The van der Waals surface area contributed by atoms with Crippen molar-refractivity contribution in [3.05, 3.63) is 0 Å². The van der Waals surface area contributed by atoms with E-state index in [0.29, 0.717) is 6.54 Å². The number of carboxylic acids is 1. The third-order valence-electron chi connectivity index (χ3n) is 1.65. The fourth-order valence-electron chi connectivity index (χ4n) is 1.06. The standard InChI is InChI=1S/C6H11NO2.Ga.3H/c8-6(9)5-2-1-3-7-4-5;;;;/h5,7H,1-4H2,(H,8,9);;;;. The van der Waals surface area contributed by atoms with E-state index in [4.69, 9.17) is 5.11 Å². The second-order valence-corrected chi connectivity index (χ2v) is 2.38. The van der Waals surface area contributed by atoms with Crippen molar-refractivity contribution in [2.75, 3.05) is 13.1 Å². The van der Waals surface area contributed by atoms with Crippen LogP contribution in [0.4, 0.5) is 0 Å². The number of hydrogen-bond donors (Lipinski definition) is 2. The van der Waals surface area contributed by atoms with Gasteiger partial charge < -0.3 is 10.4 Å². The molecular formula is C6H14GaNO2. The molecule has 58 valence electrons. The number of piperidine rings is 1. The first-order valence-corrected chi connectivity index (χ1v) is 3.24. The molecule has 1 unspecified atom stereocenters. The molecule has 3 nitrogen and oxygen atoms in total. The summed E-state index contributed by atoms with van der Waals surface area (Å²) in [4.78, 5) is 10.3. The summed E-state index contributed by atoms with van der Waals surface area (Å²) in [5, 5.41) is 11.5. The van der Waals surface area contributed by atoms with Crippen molar-refractivity contribution in [2.24, 2.45) is 5.92 Å². The monoisotopic (exact) mass is 201 g/mol. The van der Waals surface area contributed by atoms with Gasteiger partial charge in [0.15, 0.2) is 0 Å². The molecule has 0 spiro atoms. The van der Waals surface area contributed by atoms with Gasteiger partial charge in [0.1, 0.15) is 0 Å². The average molecular weight is 202 g/mol. The Hall–Kier alpha value is 0.0664. The minimum absolute atomic E-state index is 0. The van der Waals surface area contributed by atoms with Crippen LogP contribution in [0.25, 0.3) is 0 Å². The topological polar surface area (TPSA) is 49.3 Å². The molecule has 1 rings (SSSR count). The number of hydrogen-bond acceptors (Lipinski definition) is 2. The quantitative estimate of drug-likeness (QED) is 0.530. The van der Waals surface area contributed by atoms with Crippen LogP contribution in [0.15, 0.2) is 0 Å². The Morgan fingerprint density at radius 3 is 2.60 bits per heavy atom. The van der Waals surface area contributed by atoms with Crippen LogP contribution in [0.2, 0.25) is 0 Å². The Kier molecular flexibility index (Phi) is 4.85. The number of carboxylic acid groups (broad SMARTS) is 1. The number of aliphatic carboxylic acids is 1. The number of rotatable bonds is 1. The number of carbonyl (C=O) groups is 1. The second-order valence-electron chi connectivity index (χ2n) is 2.38. The van der Waals surface area contributed by atoms with Crippen molar-refractivity contribution in [3.63, 3.8) is 0 Å². The first-order valence-electron chi connectivity index (χ1n) is 3.24. The van der Waals surface area contributed by atoms with Crippen LogP contribution in [-0.2, 0) is 4.79 Å². The van der Waals surface area contributed by atoms with Crippen LogP contribution in [0.3, 0.4) is 0 Å². The molecular weight excluding hydrogens is 188 g/mol. The van der Waals surface area contributed by atoms with Crippen molar-refractivity contribution >= 4 is 25.8 Å². The predicted octanol–water partition coefficient (Wildman–Crippen LogP) is -1.11. The zero-order chi connectivity index (χ0) is 6.69. The summed E-state index contributed by atoms with van der Waals surface area (Å²) in [7, 11) is 0. The fourth-order valence-corrected chi connectivity index (χ4v) is 1.06. The van der Waals surface area contributed by atoms with Gasteiger partial charge in [-0.2, -0.15) is 0 Å². The third-order valence-corrected chi connectivity index (χ3v) is 1.65. The van der Waals surface area contributed by atoms with Gasteiger partial charge in [-0.25, -0.2) is 0 Å². The van der Waals surface area contributed by atoms with E-state index in [9.17, 15) is 4.79 Å². The molecule has 0 aromatic heterocycles. The Morgan fingerprint density at radius 2 is 2.30 bits per heavy atom. The molecule has 0 aliphatic carbocycles. The van der Waals surface area contributed by atoms with E-state index >= 15 is 0 Å². The minimum atomic E-state index is -0.665. The predicted molar refractivity (Wildman–Crippen MR) is 43.2 cm³/mol. The zero-order valence-corrected chi connectivity index (χ0v) is 5.26. The van der Waals surface area contributed by atoms with E-state index in [1.54, 1.807) is 0 Å². The maximum atomic E-state index is 10.3. The third kappa shape index (κ3) is 2.77.